The minimum Gasteiger partial charge on any atom is -0.330 e. The van der Waals surface area contributed by atoms with E-state index in [0.29, 0.717) is 5.41 Å². The zero-order valence-electron chi connectivity index (χ0n) is 8.97. The summed E-state index contributed by atoms with van der Waals surface area (Å²) < 4.78 is 0. The lowest BCUT2D eigenvalue weighted by atomic mass is 9.79. The van der Waals surface area contributed by atoms with E-state index in [9.17, 15) is 0 Å². The lowest BCUT2D eigenvalue weighted by molar-refractivity contribution is 0.313. The molecule has 0 aliphatic heterocycles. The molecular weight excluding hydrogens is 192 g/mol. The highest BCUT2D eigenvalue weighted by Gasteiger charge is 2.27. The van der Waals surface area contributed by atoms with Gasteiger partial charge in [-0.3, -0.25) is 0 Å². The van der Waals surface area contributed by atoms with Crippen molar-refractivity contribution in [1.82, 2.24) is 4.98 Å². The van der Waals surface area contributed by atoms with Crippen molar-refractivity contribution in [2.24, 2.45) is 11.1 Å². The molecule has 0 saturated heterocycles. The maximum Gasteiger partial charge on any atom is 0.0943 e. The lowest BCUT2D eigenvalue weighted by Crippen LogP contribution is -2.21. The first-order valence-corrected chi connectivity index (χ1v) is 6.10. The van der Waals surface area contributed by atoms with Gasteiger partial charge in [-0.2, -0.15) is 0 Å². The predicted molar refractivity (Wildman–Crippen MR) is 60.7 cm³/mol. The van der Waals surface area contributed by atoms with Crippen LogP contribution in [0.3, 0.4) is 0 Å². The summed E-state index contributed by atoms with van der Waals surface area (Å²) in [6.45, 7) is 5.38. The Labute approximate surface area is 89.5 Å². The van der Waals surface area contributed by atoms with Gasteiger partial charge in [0.15, 0.2) is 0 Å². The van der Waals surface area contributed by atoms with E-state index in [-0.39, 0.29) is 0 Å². The van der Waals surface area contributed by atoms with Crippen molar-refractivity contribution in [3.8, 4) is 0 Å². The van der Waals surface area contributed by atoms with E-state index in [1.54, 1.807) is 0 Å². The predicted octanol–water partition coefficient (Wildman–Crippen LogP) is 2.16. The van der Waals surface area contributed by atoms with Crippen LogP contribution in [0.2, 0.25) is 0 Å². The van der Waals surface area contributed by atoms with Gasteiger partial charge in [0.05, 0.1) is 10.7 Å². The molecule has 0 bridgehead atoms. The van der Waals surface area contributed by atoms with Crippen molar-refractivity contribution in [1.29, 1.82) is 0 Å². The third-order valence-electron chi connectivity index (χ3n) is 2.86. The molecule has 0 radical (unpaired) electrons. The minimum atomic E-state index is 0.445. The smallest absolute Gasteiger partial charge is 0.0943 e. The van der Waals surface area contributed by atoms with E-state index in [1.807, 2.05) is 11.3 Å². The van der Waals surface area contributed by atoms with Crippen molar-refractivity contribution in [2.45, 2.75) is 39.5 Å². The first kappa shape index (κ1) is 10.1. The minimum absolute atomic E-state index is 0.445. The normalized spacial score (nSPS) is 19.4. The van der Waals surface area contributed by atoms with Gasteiger partial charge in [-0.25, -0.2) is 4.98 Å². The number of nitrogens with zero attached hydrogens (tertiary/aromatic N) is 1. The van der Waals surface area contributed by atoms with E-state index in [0.717, 1.165) is 19.4 Å². The molecule has 78 valence electrons. The number of nitrogens with two attached hydrogens (primary N) is 1. The molecule has 1 aromatic rings. The first-order chi connectivity index (χ1) is 6.61. The molecule has 2 rings (SSSR count). The summed E-state index contributed by atoms with van der Waals surface area (Å²) in [6, 6.07) is 0. The van der Waals surface area contributed by atoms with Crippen molar-refractivity contribution in [2.75, 3.05) is 6.54 Å². The highest BCUT2D eigenvalue weighted by atomic mass is 32.1. The monoisotopic (exact) mass is 210 g/mol. The SMILES string of the molecule is CC1(C)CCc2sc(CCN)nc2C1. The molecule has 0 atom stereocenters. The fraction of sp³-hybridized carbons (Fsp3) is 0.727. The van der Waals surface area contributed by atoms with Crippen LogP contribution in [0.1, 0.15) is 35.8 Å². The molecule has 1 aliphatic carbocycles. The van der Waals surface area contributed by atoms with Gasteiger partial charge in [0, 0.05) is 11.3 Å². The molecule has 1 aromatic heterocycles. The van der Waals surface area contributed by atoms with E-state index in [2.05, 4.69) is 18.8 Å². The Kier molecular flexibility index (Phi) is 2.62. The highest BCUT2D eigenvalue weighted by molar-refractivity contribution is 7.11. The Morgan fingerprint density at radius 3 is 3.00 bits per heavy atom. The molecule has 2 N–H and O–H groups in total. The number of rotatable bonds is 2. The molecule has 1 heterocycles. The Morgan fingerprint density at radius 1 is 1.50 bits per heavy atom. The zero-order chi connectivity index (χ0) is 10.2. The average molecular weight is 210 g/mol. The van der Waals surface area contributed by atoms with Gasteiger partial charge in [-0.15, -0.1) is 11.3 Å². The van der Waals surface area contributed by atoms with Crippen LogP contribution in [0.15, 0.2) is 0 Å². The van der Waals surface area contributed by atoms with Crippen LogP contribution in [-0.4, -0.2) is 11.5 Å². The third-order valence-corrected chi connectivity index (χ3v) is 4.07. The Balaban J connectivity index is 2.21. The first-order valence-electron chi connectivity index (χ1n) is 5.28. The largest absolute Gasteiger partial charge is 0.330 e. The molecule has 0 spiro atoms. The lowest BCUT2D eigenvalue weighted by Gasteiger charge is -2.28. The Bertz CT molecular complexity index is 328. The second kappa shape index (κ2) is 3.63. The van der Waals surface area contributed by atoms with Gasteiger partial charge in [0.1, 0.15) is 0 Å². The number of thiazole rings is 1. The van der Waals surface area contributed by atoms with Gasteiger partial charge < -0.3 is 5.73 Å². The summed E-state index contributed by atoms with van der Waals surface area (Å²) in [6.07, 6.45) is 4.59. The molecule has 14 heavy (non-hydrogen) atoms. The molecule has 2 nitrogen and oxygen atoms in total. The summed E-state index contributed by atoms with van der Waals surface area (Å²) in [5.41, 5.74) is 7.33. The number of aromatic nitrogens is 1. The number of hydrogen-bond acceptors (Lipinski definition) is 3. The van der Waals surface area contributed by atoms with Gasteiger partial charge >= 0.3 is 0 Å². The maximum atomic E-state index is 5.54. The Hall–Kier alpha value is -0.410. The Morgan fingerprint density at radius 2 is 2.29 bits per heavy atom. The summed E-state index contributed by atoms with van der Waals surface area (Å²) >= 11 is 1.87. The van der Waals surface area contributed by atoms with Crippen LogP contribution in [0, 0.1) is 5.41 Å². The standard InChI is InChI=1S/C11H18N2S/c1-11(2)5-3-9-8(7-11)13-10(14-9)4-6-12/h3-7,12H2,1-2H3. The van der Waals surface area contributed by atoms with Crippen LogP contribution in [-0.2, 0) is 19.3 Å². The summed E-state index contributed by atoms with van der Waals surface area (Å²) in [4.78, 5) is 6.18. The van der Waals surface area contributed by atoms with Crippen molar-refractivity contribution < 1.29 is 0 Å². The quantitative estimate of drug-likeness (QED) is 0.812. The van der Waals surface area contributed by atoms with Crippen LogP contribution in [0.25, 0.3) is 0 Å². The third kappa shape index (κ3) is 1.98. The number of fused-ring (bicyclic) bond motifs is 1. The van der Waals surface area contributed by atoms with Gasteiger partial charge in [-0.1, -0.05) is 13.8 Å². The molecule has 3 heteroatoms. The fourth-order valence-corrected chi connectivity index (χ4v) is 3.09. The molecular formula is C11H18N2S. The summed E-state index contributed by atoms with van der Waals surface area (Å²) in [5.74, 6) is 0. The molecule has 0 unspecified atom stereocenters. The van der Waals surface area contributed by atoms with Crippen LogP contribution < -0.4 is 5.73 Å². The van der Waals surface area contributed by atoms with Gasteiger partial charge in [0.2, 0.25) is 0 Å². The van der Waals surface area contributed by atoms with E-state index in [1.165, 1.54) is 28.4 Å². The van der Waals surface area contributed by atoms with Gasteiger partial charge in [0.25, 0.3) is 0 Å². The highest BCUT2D eigenvalue weighted by Crippen LogP contribution is 2.36. The number of hydrogen-bond donors (Lipinski definition) is 1. The second-order valence-corrected chi connectivity index (χ2v) is 6.03. The molecule has 0 amide bonds. The maximum absolute atomic E-state index is 5.54. The molecule has 1 aliphatic rings. The average Bonchev–Trinajstić information content (AvgIpc) is 2.45. The molecule has 0 saturated carbocycles. The zero-order valence-corrected chi connectivity index (χ0v) is 9.78. The van der Waals surface area contributed by atoms with Gasteiger partial charge in [-0.05, 0) is 31.2 Å². The molecule has 0 aromatic carbocycles. The number of aryl methyl sites for hydroxylation is 1. The van der Waals surface area contributed by atoms with E-state index in [4.69, 9.17) is 5.73 Å². The second-order valence-electron chi connectivity index (χ2n) is 4.86. The topological polar surface area (TPSA) is 38.9 Å². The summed E-state index contributed by atoms with van der Waals surface area (Å²) in [7, 11) is 0. The van der Waals surface area contributed by atoms with Crippen molar-refractivity contribution >= 4 is 11.3 Å². The van der Waals surface area contributed by atoms with Crippen LogP contribution in [0.4, 0.5) is 0 Å². The molecule has 0 fully saturated rings. The van der Waals surface area contributed by atoms with E-state index >= 15 is 0 Å². The van der Waals surface area contributed by atoms with Crippen LogP contribution >= 0.6 is 11.3 Å². The van der Waals surface area contributed by atoms with Crippen molar-refractivity contribution in [3.63, 3.8) is 0 Å². The summed E-state index contributed by atoms with van der Waals surface area (Å²) in [5, 5.41) is 1.23. The van der Waals surface area contributed by atoms with Crippen LogP contribution in [0.5, 0.6) is 0 Å². The van der Waals surface area contributed by atoms with Crippen molar-refractivity contribution in [3.05, 3.63) is 15.6 Å². The fourth-order valence-electron chi connectivity index (χ4n) is 1.99. The van der Waals surface area contributed by atoms with E-state index < -0.39 is 0 Å².